The fraction of sp³-hybridized carbons (Fsp3) is 0.231. The largest absolute Gasteiger partial charge is 0.374 e. The quantitative estimate of drug-likeness (QED) is 0.125. The third kappa shape index (κ3) is 6.60. The van der Waals surface area contributed by atoms with Gasteiger partial charge in [0.15, 0.2) is 5.82 Å². The lowest BCUT2D eigenvalue weighted by Crippen LogP contribution is -2.19. The van der Waals surface area contributed by atoms with Crippen LogP contribution in [-0.2, 0) is 4.79 Å². The Morgan fingerprint density at radius 3 is 2.20 bits per heavy atom. The number of halogens is 10. The van der Waals surface area contributed by atoms with E-state index in [0.717, 1.165) is 12.1 Å². The van der Waals surface area contributed by atoms with Gasteiger partial charge in [-0.15, -0.1) is 23.2 Å². The van der Waals surface area contributed by atoms with E-state index < -0.39 is 64.0 Å². The van der Waals surface area contributed by atoms with Crippen molar-refractivity contribution in [3.63, 3.8) is 0 Å². The first-order valence-electron chi connectivity index (χ1n) is 11.6. The molecule has 0 aromatic heterocycles. The van der Waals surface area contributed by atoms with Crippen molar-refractivity contribution in [3.05, 3.63) is 84.8 Å². The van der Waals surface area contributed by atoms with Crippen molar-refractivity contribution in [1.82, 2.24) is 0 Å². The van der Waals surface area contributed by atoms with Gasteiger partial charge in [-0.25, -0.2) is 17.6 Å². The van der Waals surface area contributed by atoms with E-state index in [0.29, 0.717) is 11.1 Å². The summed E-state index contributed by atoms with van der Waals surface area (Å²) in [6.07, 6.45) is -2.87. The summed E-state index contributed by atoms with van der Waals surface area (Å²) < 4.78 is 52.4. The molecule has 3 N–H and O–H groups in total. The van der Waals surface area contributed by atoms with Gasteiger partial charge in [0, 0.05) is 11.6 Å². The molecule has 0 heterocycles. The van der Waals surface area contributed by atoms with Crippen molar-refractivity contribution in [2.45, 2.75) is 23.6 Å². The number of aryl methyl sites for hydroxylation is 1. The molecule has 3 aromatic carbocycles. The molecule has 1 aliphatic rings. The summed E-state index contributed by atoms with van der Waals surface area (Å²) in [5, 5.41) is 7.27. The summed E-state index contributed by atoms with van der Waals surface area (Å²) in [4.78, 5) is 26.2. The van der Waals surface area contributed by atoms with Crippen LogP contribution in [0, 0.1) is 24.5 Å². The Kier molecular flexibility index (Phi) is 9.48. The van der Waals surface area contributed by atoms with Gasteiger partial charge in [0.2, 0.25) is 5.91 Å². The van der Waals surface area contributed by atoms with Crippen molar-refractivity contribution in [2.75, 3.05) is 22.5 Å². The van der Waals surface area contributed by atoms with Gasteiger partial charge in [0.05, 0.1) is 43.8 Å². The van der Waals surface area contributed by atoms with Crippen molar-refractivity contribution in [1.29, 1.82) is 0 Å². The molecular weight excluding hydrogens is 675 g/mol. The Hall–Kier alpha value is -2.14. The lowest BCUT2D eigenvalue weighted by molar-refractivity contribution is -0.117. The highest BCUT2D eigenvalue weighted by Gasteiger charge is 2.67. The second kappa shape index (κ2) is 12.2. The van der Waals surface area contributed by atoms with E-state index in [1.54, 1.807) is 6.92 Å². The molecule has 0 aliphatic heterocycles. The average Bonchev–Trinajstić information content (AvgIpc) is 3.47. The highest BCUT2D eigenvalue weighted by atomic mass is 35.5. The summed E-state index contributed by atoms with van der Waals surface area (Å²) in [6.45, 7) is 0.550. The number of benzene rings is 3. The molecule has 4 rings (SSSR count). The molecule has 3 aromatic rings. The van der Waals surface area contributed by atoms with E-state index in [2.05, 4.69) is 10.6 Å². The summed E-state index contributed by atoms with van der Waals surface area (Å²) in [6, 6.07) is 7.45. The molecule has 1 fully saturated rings. The van der Waals surface area contributed by atoms with Gasteiger partial charge in [-0.2, -0.15) is 0 Å². The van der Waals surface area contributed by atoms with Gasteiger partial charge < -0.3 is 16.0 Å². The molecular formula is C26H17Cl6F4N3O2. The van der Waals surface area contributed by atoms with Crippen LogP contribution in [-0.4, -0.2) is 29.1 Å². The second-order valence-electron chi connectivity index (χ2n) is 9.08. The molecule has 1 saturated carbocycles. The van der Waals surface area contributed by atoms with E-state index >= 15 is 0 Å². The van der Waals surface area contributed by atoms with Gasteiger partial charge >= 0.3 is 0 Å². The first-order chi connectivity index (χ1) is 19.1. The number of hydrogen-bond acceptors (Lipinski definition) is 3. The standard InChI is InChI=1S/C26H17Cl6F4N3O2/c1-9-4-11(38-25(41)19-18(26(19,31)32)10-5-13(27)21(30)14(28)6-10)7-12(20(9)29)24(40)39-16-3-2-15(33)23(22(16)36)37-8-17(34)35/h2-7,17-19,37H,8H2,1H3,(H,38,41)(H,39,40)/t18-,19+/m0/s1. The van der Waals surface area contributed by atoms with Gasteiger partial charge in [0.25, 0.3) is 12.3 Å². The number of nitrogens with one attached hydrogen (secondary N) is 3. The summed E-state index contributed by atoms with van der Waals surface area (Å²) in [5.41, 5.74) is -0.487. The molecule has 2 atom stereocenters. The van der Waals surface area contributed by atoms with E-state index in [-0.39, 0.29) is 31.3 Å². The van der Waals surface area contributed by atoms with Crippen LogP contribution >= 0.6 is 69.6 Å². The first kappa shape index (κ1) is 31.8. The lowest BCUT2D eigenvalue weighted by atomic mass is 10.1. The van der Waals surface area contributed by atoms with Gasteiger partial charge in [-0.3, -0.25) is 9.59 Å². The Bertz CT molecular complexity index is 1530. The van der Waals surface area contributed by atoms with E-state index in [9.17, 15) is 27.2 Å². The molecule has 0 spiro atoms. The second-order valence-corrected chi connectivity index (χ2v) is 12.1. The topological polar surface area (TPSA) is 70.2 Å². The van der Waals surface area contributed by atoms with E-state index in [4.69, 9.17) is 69.6 Å². The van der Waals surface area contributed by atoms with Crippen LogP contribution < -0.4 is 16.0 Å². The highest BCUT2D eigenvalue weighted by Crippen LogP contribution is 2.65. The molecule has 41 heavy (non-hydrogen) atoms. The van der Waals surface area contributed by atoms with Gasteiger partial charge in [-0.05, 0) is 54.4 Å². The first-order valence-corrected chi connectivity index (χ1v) is 13.8. The summed E-state index contributed by atoms with van der Waals surface area (Å²) in [5.74, 6) is -5.54. The fourth-order valence-electron chi connectivity index (χ4n) is 4.23. The number of carbonyl (C=O) groups excluding carboxylic acids is 2. The van der Waals surface area contributed by atoms with Gasteiger partial charge in [-0.1, -0.05) is 46.4 Å². The third-order valence-corrected chi connectivity index (χ3v) is 8.88. The smallest absolute Gasteiger partial charge is 0.257 e. The lowest BCUT2D eigenvalue weighted by Gasteiger charge is -2.15. The van der Waals surface area contributed by atoms with Crippen LogP contribution in [0.1, 0.15) is 27.4 Å². The van der Waals surface area contributed by atoms with Crippen molar-refractivity contribution >= 4 is 98.5 Å². The van der Waals surface area contributed by atoms with Gasteiger partial charge in [0.1, 0.15) is 15.8 Å². The number of anilines is 3. The van der Waals surface area contributed by atoms with Crippen LogP contribution in [0.25, 0.3) is 0 Å². The van der Waals surface area contributed by atoms with Crippen molar-refractivity contribution in [2.24, 2.45) is 5.92 Å². The minimum Gasteiger partial charge on any atom is -0.374 e. The zero-order valence-electron chi connectivity index (χ0n) is 20.5. The Morgan fingerprint density at radius 1 is 0.951 bits per heavy atom. The molecule has 0 saturated heterocycles. The van der Waals surface area contributed by atoms with E-state index in [1.807, 2.05) is 5.32 Å². The maximum Gasteiger partial charge on any atom is 0.257 e. The highest BCUT2D eigenvalue weighted by molar-refractivity contribution is 6.54. The van der Waals surface area contributed by atoms with Crippen LogP contribution in [0.5, 0.6) is 0 Å². The number of rotatable bonds is 8. The predicted octanol–water partition coefficient (Wildman–Crippen LogP) is 9.34. The number of hydrogen-bond donors (Lipinski definition) is 3. The molecule has 2 amide bonds. The molecule has 15 heteroatoms. The Labute approximate surface area is 261 Å². The Balaban J connectivity index is 1.55. The predicted molar refractivity (Wildman–Crippen MR) is 156 cm³/mol. The maximum absolute atomic E-state index is 14.8. The fourth-order valence-corrected chi connectivity index (χ4v) is 5.87. The monoisotopic (exact) mass is 689 g/mol. The zero-order chi connectivity index (χ0) is 30.4. The Morgan fingerprint density at radius 2 is 1.59 bits per heavy atom. The molecule has 5 nitrogen and oxygen atoms in total. The molecule has 0 unspecified atom stereocenters. The SMILES string of the molecule is Cc1cc(NC(=O)[C@H]2[C@H](c3cc(Cl)c(Cl)c(Cl)c3)C2(Cl)Cl)cc(C(=O)Nc2ccc(F)c(NCC(F)F)c2F)c1Cl. The molecule has 0 radical (unpaired) electrons. The van der Waals surface area contributed by atoms with Crippen LogP contribution in [0.3, 0.4) is 0 Å². The molecule has 0 bridgehead atoms. The van der Waals surface area contributed by atoms with Crippen LogP contribution in [0.15, 0.2) is 36.4 Å². The van der Waals surface area contributed by atoms with Crippen molar-refractivity contribution in [3.8, 4) is 0 Å². The van der Waals surface area contributed by atoms with Crippen molar-refractivity contribution < 1.29 is 27.2 Å². The van der Waals surface area contributed by atoms with Crippen LogP contribution in [0.2, 0.25) is 20.1 Å². The zero-order valence-corrected chi connectivity index (χ0v) is 25.0. The normalized spacial score (nSPS) is 17.4. The van der Waals surface area contributed by atoms with Crippen LogP contribution in [0.4, 0.5) is 34.6 Å². The number of carbonyl (C=O) groups is 2. The third-order valence-electron chi connectivity index (χ3n) is 6.24. The minimum atomic E-state index is -2.87. The summed E-state index contributed by atoms with van der Waals surface area (Å²) in [7, 11) is 0. The molecule has 1 aliphatic carbocycles. The average molecular weight is 692 g/mol. The number of amides is 2. The summed E-state index contributed by atoms with van der Waals surface area (Å²) >= 11 is 37.3. The maximum atomic E-state index is 14.8. The van der Waals surface area contributed by atoms with E-state index in [1.165, 1.54) is 24.3 Å². The molecule has 218 valence electrons. The minimum absolute atomic E-state index is 0.0159. The number of alkyl halides is 4.